The summed E-state index contributed by atoms with van der Waals surface area (Å²) in [6, 6.07) is 7.43. The van der Waals surface area contributed by atoms with Gasteiger partial charge in [-0.15, -0.1) is 0 Å². The van der Waals surface area contributed by atoms with Crippen molar-refractivity contribution in [2.24, 2.45) is 5.92 Å². The van der Waals surface area contributed by atoms with Gasteiger partial charge in [0.15, 0.2) is 0 Å². The van der Waals surface area contributed by atoms with E-state index >= 15 is 0 Å². The normalized spacial score (nSPS) is 14.5. The van der Waals surface area contributed by atoms with Crippen LogP contribution in [0.25, 0.3) is 0 Å². The van der Waals surface area contributed by atoms with Gasteiger partial charge < -0.3 is 19.7 Å². The predicted molar refractivity (Wildman–Crippen MR) is 77.1 cm³/mol. The van der Waals surface area contributed by atoms with Crippen LogP contribution in [0.1, 0.15) is 6.42 Å². The van der Waals surface area contributed by atoms with Crippen LogP contribution < -0.4 is 14.8 Å². The van der Waals surface area contributed by atoms with Gasteiger partial charge in [-0.3, -0.25) is 4.79 Å². The highest BCUT2D eigenvalue weighted by Gasteiger charge is 2.21. The van der Waals surface area contributed by atoms with Crippen LogP contribution in [0.15, 0.2) is 24.3 Å². The van der Waals surface area contributed by atoms with E-state index < -0.39 is 0 Å². The maximum atomic E-state index is 11.9. The summed E-state index contributed by atoms with van der Waals surface area (Å²) in [5.74, 6) is 2.29. The lowest BCUT2D eigenvalue weighted by Gasteiger charge is -2.28. The van der Waals surface area contributed by atoms with E-state index in [1.807, 2.05) is 31.3 Å². The molecule has 1 saturated heterocycles. The molecular weight excluding hydrogens is 256 g/mol. The van der Waals surface area contributed by atoms with Crippen LogP contribution >= 0.6 is 0 Å². The molecule has 110 valence electrons. The highest BCUT2D eigenvalue weighted by Crippen LogP contribution is 2.17. The molecule has 1 aromatic carbocycles. The number of carbonyl (C=O) groups excluding carboxylic acids is 1. The van der Waals surface area contributed by atoms with E-state index in [2.05, 4.69) is 5.32 Å². The van der Waals surface area contributed by atoms with Gasteiger partial charge in [-0.2, -0.15) is 0 Å². The Morgan fingerprint density at radius 1 is 1.30 bits per heavy atom. The Morgan fingerprint density at radius 3 is 2.50 bits per heavy atom. The van der Waals surface area contributed by atoms with Crippen LogP contribution in [-0.2, 0) is 4.79 Å². The quantitative estimate of drug-likeness (QED) is 0.812. The standard InChI is InChI=1S/C15H22N2O3/c1-17(15(18)9-12-10-16-11-12)7-8-20-14-5-3-13(19-2)4-6-14/h3-6,12,16H,7-11H2,1-2H3. The molecule has 5 heteroatoms. The first-order valence-corrected chi connectivity index (χ1v) is 6.90. The van der Waals surface area contributed by atoms with Gasteiger partial charge in [-0.1, -0.05) is 0 Å². The first-order chi connectivity index (χ1) is 9.69. The Balaban J connectivity index is 1.67. The summed E-state index contributed by atoms with van der Waals surface area (Å²) in [5, 5.41) is 3.17. The molecule has 0 bridgehead atoms. The largest absolute Gasteiger partial charge is 0.497 e. The van der Waals surface area contributed by atoms with E-state index in [9.17, 15) is 4.79 Å². The van der Waals surface area contributed by atoms with Crippen molar-refractivity contribution in [1.82, 2.24) is 10.2 Å². The minimum Gasteiger partial charge on any atom is -0.497 e. The van der Waals surface area contributed by atoms with Crippen molar-refractivity contribution in [2.45, 2.75) is 6.42 Å². The summed E-state index contributed by atoms with van der Waals surface area (Å²) in [4.78, 5) is 13.6. The monoisotopic (exact) mass is 278 g/mol. The molecule has 20 heavy (non-hydrogen) atoms. The van der Waals surface area contributed by atoms with E-state index in [1.165, 1.54) is 0 Å². The lowest BCUT2D eigenvalue weighted by Crippen LogP contribution is -2.45. The molecule has 1 fully saturated rings. The Hall–Kier alpha value is -1.75. The fraction of sp³-hybridized carbons (Fsp3) is 0.533. The highest BCUT2D eigenvalue weighted by atomic mass is 16.5. The molecule has 1 aromatic rings. The maximum absolute atomic E-state index is 11.9. The van der Waals surface area contributed by atoms with Gasteiger partial charge >= 0.3 is 0 Å². The zero-order valence-electron chi connectivity index (χ0n) is 12.1. The molecule has 1 N–H and O–H groups in total. The smallest absolute Gasteiger partial charge is 0.222 e. The van der Waals surface area contributed by atoms with Crippen LogP contribution in [0, 0.1) is 5.92 Å². The third-order valence-corrected chi connectivity index (χ3v) is 3.51. The molecule has 0 aliphatic carbocycles. The topological polar surface area (TPSA) is 50.8 Å². The molecule has 1 aliphatic heterocycles. The number of nitrogens with one attached hydrogen (secondary N) is 1. The van der Waals surface area contributed by atoms with Gasteiger partial charge in [-0.25, -0.2) is 0 Å². The summed E-state index contributed by atoms with van der Waals surface area (Å²) in [6.45, 7) is 3.02. The third kappa shape index (κ3) is 4.13. The number of amides is 1. The Labute approximate surface area is 119 Å². The number of carbonyl (C=O) groups is 1. The molecule has 1 aliphatic rings. The zero-order chi connectivity index (χ0) is 14.4. The summed E-state index contributed by atoms with van der Waals surface area (Å²) in [7, 11) is 3.46. The molecule has 0 atom stereocenters. The molecule has 1 amide bonds. The number of hydrogen-bond donors (Lipinski definition) is 1. The van der Waals surface area contributed by atoms with Crippen LogP contribution in [0.5, 0.6) is 11.5 Å². The first kappa shape index (κ1) is 14.7. The molecule has 0 unspecified atom stereocenters. The Kier molecular flexibility index (Phi) is 5.24. The van der Waals surface area contributed by atoms with Crippen molar-refractivity contribution in [2.75, 3.05) is 40.4 Å². The zero-order valence-corrected chi connectivity index (χ0v) is 12.1. The molecular formula is C15H22N2O3. The number of likely N-dealkylation sites (N-methyl/N-ethyl adjacent to an activating group) is 1. The SMILES string of the molecule is COc1ccc(OCCN(C)C(=O)CC2CNC2)cc1. The predicted octanol–water partition coefficient (Wildman–Crippen LogP) is 1.14. The molecule has 0 saturated carbocycles. The van der Waals surface area contributed by atoms with Crippen molar-refractivity contribution in [3.63, 3.8) is 0 Å². The van der Waals surface area contributed by atoms with Crippen molar-refractivity contribution >= 4 is 5.91 Å². The summed E-state index contributed by atoms with van der Waals surface area (Å²) < 4.78 is 10.7. The van der Waals surface area contributed by atoms with Gasteiger partial charge in [-0.05, 0) is 43.3 Å². The lowest BCUT2D eigenvalue weighted by atomic mass is 9.99. The van der Waals surface area contributed by atoms with Gasteiger partial charge in [0.1, 0.15) is 18.1 Å². The van der Waals surface area contributed by atoms with Crippen molar-refractivity contribution in [3.05, 3.63) is 24.3 Å². The second-order valence-electron chi connectivity index (χ2n) is 5.07. The Morgan fingerprint density at radius 2 is 1.95 bits per heavy atom. The third-order valence-electron chi connectivity index (χ3n) is 3.51. The molecule has 1 heterocycles. The fourth-order valence-corrected chi connectivity index (χ4v) is 1.99. The van der Waals surface area contributed by atoms with E-state index in [0.29, 0.717) is 25.5 Å². The average Bonchev–Trinajstić information content (AvgIpc) is 2.43. The Bertz CT molecular complexity index is 429. The number of hydrogen-bond acceptors (Lipinski definition) is 4. The first-order valence-electron chi connectivity index (χ1n) is 6.90. The van der Waals surface area contributed by atoms with Gasteiger partial charge in [0, 0.05) is 13.5 Å². The molecule has 0 aromatic heterocycles. The minimum absolute atomic E-state index is 0.190. The lowest BCUT2D eigenvalue weighted by molar-refractivity contribution is -0.131. The van der Waals surface area contributed by atoms with Crippen molar-refractivity contribution < 1.29 is 14.3 Å². The fourth-order valence-electron chi connectivity index (χ4n) is 1.99. The summed E-state index contributed by atoms with van der Waals surface area (Å²) in [6.07, 6.45) is 0.631. The number of benzene rings is 1. The number of nitrogens with zero attached hydrogens (tertiary/aromatic N) is 1. The van der Waals surface area contributed by atoms with Crippen LogP contribution in [0.2, 0.25) is 0 Å². The van der Waals surface area contributed by atoms with Crippen molar-refractivity contribution in [3.8, 4) is 11.5 Å². The maximum Gasteiger partial charge on any atom is 0.222 e. The summed E-state index contributed by atoms with van der Waals surface area (Å²) in [5.41, 5.74) is 0. The van der Waals surface area contributed by atoms with Crippen LogP contribution in [0.3, 0.4) is 0 Å². The van der Waals surface area contributed by atoms with Crippen molar-refractivity contribution in [1.29, 1.82) is 0 Å². The average molecular weight is 278 g/mol. The molecule has 2 rings (SSSR count). The van der Waals surface area contributed by atoms with E-state index in [-0.39, 0.29) is 5.91 Å². The molecule has 5 nitrogen and oxygen atoms in total. The van der Waals surface area contributed by atoms with E-state index in [1.54, 1.807) is 12.0 Å². The van der Waals surface area contributed by atoms with E-state index in [0.717, 1.165) is 24.6 Å². The van der Waals surface area contributed by atoms with Crippen LogP contribution in [0.4, 0.5) is 0 Å². The second kappa shape index (κ2) is 7.14. The molecule has 0 spiro atoms. The van der Waals surface area contributed by atoms with Crippen LogP contribution in [-0.4, -0.2) is 51.2 Å². The van der Waals surface area contributed by atoms with Gasteiger partial charge in [0.2, 0.25) is 5.91 Å². The minimum atomic E-state index is 0.190. The number of methoxy groups -OCH3 is 1. The number of ether oxygens (including phenoxy) is 2. The van der Waals surface area contributed by atoms with Gasteiger partial charge in [0.05, 0.1) is 13.7 Å². The summed E-state index contributed by atoms with van der Waals surface area (Å²) >= 11 is 0. The molecule has 0 radical (unpaired) electrons. The highest BCUT2D eigenvalue weighted by molar-refractivity contribution is 5.76. The number of rotatable bonds is 7. The van der Waals surface area contributed by atoms with Gasteiger partial charge in [0.25, 0.3) is 0 Å². The van der Waals surface area contributed by atoms with E-state index in [4.69, 9.17) is 9.47 Å². The second-order valence-corrected chi connectivity index (χ2v) is 5.07.